The Morgan fingerprint density at radius 3 is 2.43 bits per heavy atom. The third kappa shape index (κ3) is 3.99. The van der Waals surface area contributed by atoms with E-state index < -0.39 is 18.5 Å². The number of fused-ring (bicyclic) bond motifs is 1. The topological polar surface area (TPSA) is 84.9 Å². The summed E-state index contributed by atoms with van der Waals surface area (Å²) < 4.78 is 23.2. The first-order valence-corrected chi connectivity index (χ1v) is 9.17. The molecule has 0 spiro atoms. The Balaban J connectivity index is 2.08. The highest BCUT2D eigenvalue weighted by molar-refractivity contribution is 7.53. The Bertz CT molecular complexity index is 676. The van der Waals surface area contributed by atoms with Gasteiger partial charge in [-0.15, -0.1) is 13.2 Å². The van der Waals surface area contributed by atoms with Crippen molar-refractivity contribution in [3.05, 3.63) is 45.8 Å². The number of hydrogen-bond acceptors (Lipinski definition) is 7. The monoisotopic (exact) mass is 340 g/mol. The van der Waals surface area contributed by atoms with Crippen molar-refractivity contribution in [2.45, 2.75) is 6.42 Å². The van der Waals surface area contributed by atoms with E-state index in [1.807, 2.05) is 0 Å². The lowest BCUT2D eigenvalue weighted by Gasteiger charge is -2.26. The molecule has 0 unspecified atom stereocenters. The highest BCUT2D eigenvalue weighted by atomic mass is 31.2. The molecule has 1 aliphatic rings. The van der Waals surface area contributed by atoms with Gasteiger partial charge in [0.2, 0.25) is 0 Å². The molecule has 126 valence electrons. The van der Waals surface area contributed by atoms with Crippen molar-refractivity contribution in [3.63, 3.8) is 0 Å². The van der Waals surface area contributed by atoms with Crippen LogP contribution in [0.4, 0.5) is 11.4 Å². The van der Waals surface area contributed by atoms with Crippen LogP contribution in [0.1, 0.15) is 6.42 Å². The zero-order valence-corrected chi connectivity index (χ0v) is 13.8. The summed E-state index contributed by atoms with van der Waals surface area (Å²) in [4.78, 5) is 25.1. The van der Waals surface area contributed by atoms with Gasteiger partial charge in [0, 0.05) is 19.6 Å². The summed E-state index contributed by atoms with van der Waals surface area (Å²) in [6.45, 7) is 8.82. The van der Waals surface area contributed by atoms with E-state index in [1.165, 1.54) is 12.2 Å². The molecule has 7 nitrogen and oxygen atoms in total. The fourth-order valence-electron chi connectivity index (χ4n) is 2.41. The average molecular weight is 340 g/mol. The molecular weight excluding hydrogens is 319 g/mol. The predicted octanol–water partition coefficient (Wildman–Crippen LogP) is 1.50. The van der Waals surface area contributed by atoms with E-state index >= 15 is 0 Å². The van der Waals surface area contributed by atoms with Gasteiger partial charge in [-0.05, 0) is 6.42 Å². The van der Waals surface area contributed by atoms with E-state index in [0.29, 0.717) is 31.0 Å². The lowest BCUT2D eigenvalue weighted by Crippen LogP contribution is -2.42. The zero-order valence-electron chi connectivity index (χ0n) is 13.0. The maximum Gasteiger partial charge on any atom is 0.333 e. The second-order valence-electron chi connectivity index (χ2n) is 5.15. The van der Waals surface area contributed by atoms with Gasteiger partial charge in [-0.25, -0.2) is 0 Å². The summed E-state index contributed by atoms with van der Waals surface area (Å²) in [7, 11) is -3.31. The molecule has 0 saturated carbocycles. The number of nitrogens with zero attached hydrogens (tertiary/aromatic N) is 1. The van der Waals surface area contributed by atoms with Crippen LogP contribution in [-0.4, -0.2) is 39.0 Å². The van der Waals surface area contributed by atoms with Crippen molar-refractivity contribution < 1.29 is 13.6 Å². The standard InChI is InChI=1S/C15H21N2O5P/c1-3-9-21-23(20,22-10-4-2)11-8-17-7-5-6-16-12-13(17)15(19)14(12)18/h3-4,16H,1-2,5-11H2. The molecule has 0 fully saturated rings. The van der Waals surface area contributed by atoms with Crippen molar-refractivity contribution >= 4 is 19.0 Å². The highest BCUT2D eigenvalue weighted by Crippen LogP contribution is 2.48. The first kappa shape index (κ1) is 17.7. The fraction of sp³-hybridized carbons (Fsp3) is 0.467. The smallest absolute Gasteiger partial charge is 0.333 e. The molecule has 1 aliphatic heterocycles. The maximum atomic E-state index is 12.7. The van der Waals surface area contributed by atoms with Gasteiger partial charge in [0.25, 0.3) is 10.9 Å². The lowest BCUT2D eigenvalue weighted by atomic mass is 10.2. The predicted molar refractivity (Wildman–Crippen MR) is 91.4 cm³/mol. The third-order valence-corrected chi connectivity index (χ3v) is 5.36. The molecule has 0 aromatic heterocycles. The first-order valence-electron chi connectivity index (χ1n) is 7.44. The summed E-state index contributed by atoms with van der Waals surface area (Å²) in [5, 5.41) is 2.97. The minimum absolute atomic E-state index is 0.112. The van der Waals surface area contributed by atoms with Crippen LogP contribution in [0.5, 0.6) is 0 Å². The van der Waals surface area contributed by atoms with Crippen LogP contribution in [0.25, 0.3) is 0 Å². The number of nitrogens with one attached hydrogen (secondary N) is 1. The van der Waals surface area contributed by atoms with Crippen molar-refractivity contribution in [2.24, 2.45) is 0 Å². The molecule has 1 N–H and O–H groups in total. The molecule has 0 saturated heterocycles. The minimum Gasteiger partial charge on any atom is -0.380 e. The molecule has 1 heterocycles. The Kier molecular flexibility index (Phi) is 5.93. The van der Waals surface area contributed by atoms with E-state index in [2.05, 4.69) is 18.5 Å². The van der Waals surface area contributed by atoms with E-state index in [0.717, 1.165) is 6.42 Å². The van der Waals surface area contributed by atoms with Crippen molar-refractivity contribution in [1.29, 1.82) is 0 Å². The van der Waals surface area contributed by atoms with Gasteiger partial charge in [0.1, 0.15) is 11.4 Å². The molecule has 0 aliphatic carbocycles. The van der Waals surface area contributed by atoms with Crippen LogP contribution < -0.4 is 21.1 Å². The van der Waals surface area contributed by atoms with Gasteiger partial charge in [-0.2, -0.15) is 0 Å². The minimum atomic E-state index is -3.31. The van der Waals surface area contributed by atoms with Crippen molar-refractivity contribution in [3.8, 4) is 0 Å². The molecule has 0 radical (unpaired) electrons. The van der Waals surface area contributed by atoms with Crippen molar-refractivity contribution in [1.82, 2.24) is 0 Å². The fourth-order valence-corrected chi connectivity index (χ4v) is 3.89. The molecule has 0 bridgehead atoms. The van der Waals surface area contributed by atoms with Gasteiger partial charge < -0.3 is 19.3 Å². The summed E-state index contributed by atoms with van der Waals surface area (Å²) in [6, 6.07) is 0. The van der Waals surface area contributed by atoms with Crippen LogP contribution in [0.2, 0.25) is 0 Å². The quantitative estimate of drug-likeness (QED) is 0.414. The molecule has 0 amide bonds. The SMILES string of the molecule is C=CCOP(=O)(CCN1CCCNc2c1c(=O)c2=O)OCC=C. The van der Waals surface area contributed by atoms with Gasteiger partial charge in [-0.1, -0.05) is 12.2 Å². The van der Waals surface area contributed by atoms with E-state index in [1.54, 1.807) is 4.90 Å². The lowest BCUT2D eigenvalue weighted by molar-refractivity contribution is 0.237. The summed E-state index contributed by atoms with van der Waals surface area (Å²) in [5.74, 6) is 0. The largest absolute Gasteiger partial charge is 0.380 e. The Hall–Kier alpha value is -1.69. The molecule has 0 atom stereocenters. The number of hydrogen-bond donors (Lipinski definition) is 1. The Morgan fingerprint density at radius 2 is 1.83 bits per heavy atom. The number of rotatable bonds is 9. The summed E-state index contributed by atoms with van der Waals surface area (Å²) >= 11 is 0. The van der Waals surface area contributed by atoms with Crippen LogP contribution in [-0.2, 0) is 13.6 Å². The van der Waals surface area contributed by atoms with Crippen LogP contribution in [0.3, 0.4) is 0 Å². The third-order valence-electron chi connectivity index (χ3n) is 3.53. The van der Waals surface area contributed by atoms with Crippen molar-refractivity contribution in [2.75, 3.05) is 49.2 Å². The second kappa shape index (κ2) is 7.73. The van der Waals surface area contributed by atoms with Gasteiger partial charge in [0.15, 0.2) is 0 Å². The van der Waals surface area contributed by atoms with Gasteiger partial charge in [-0.3, -0.25) is 14.2 Å². The highest BCUT2D eigenvalue weighted by Gasteiger charge is 2.30. The molecule has 8 heteroatoms. The summed E-state index contributed by atoms with van der Waals surface area (Å²) in [5.41, 5.74) is -0.239. The van der Waals surface area contributed by atoms with Crippen LogP contribution in [0.15, 0.2) is 34.9 Å². The molecule has 1 aromatic carbocycles. The van der Waals surface area contributed by atoms with E-state index in [9.17, 15) is 14.2 Å². The van der Waals surface area contributed by atoms with Gasteiger partial charge in [0.05, 0.1) is 19.4 Å². The molecule has 1 aromatic rings. The zero-order chi connectivity index (χ0) is 16.9. The maximum absolute atomic E-state index is 12.7. The molecular formula is C15H21N2O5P. The Labute approximate surface area is 134 Å². The summed E-state index contributed by atoms with van der Waals surface area (Å²) in [6.07, 6.45) is 3.88. The van der Waals surface area contributed by atoms with E-state index in [-0.39, 0.29) is 19.4 Å². The molecule has 2 rings (SSSR count). The molecule has 23 heavy (non-hydrogen) atoms. The first-order chi connectivity index (χ1) is 11.0. The number of anilines is 2. The van der Waals surface area contributed by atoms with Gasteiger partial charge >= 0.3 is 7.60 Å². The Morgan fingerprint density at radius 1 is 1.17 bits per heavy atom. The second-order valence-corrected chi connectivity index (χ2v) is 7.34. The van der Waals surface area contributed by atoms with Crippen LogP contribution >= 0.6 is 7.60 Å². The average Bonchev–Trinajstić information content (AvgIpc) is 2.76. The van der Waals surface area contributed by atoms with Crippen LogP contribution in [0, 0.1) is 0 Å². The van der Waals surface area contributed by atoms with E-state index in [4.69, 9.17) is 9.05 Å². The normalized spacial score (nSPS) is 14.9.